The average Bonchev–Trinajstić information content (AvgIpc) is 3.17. The number of piperidine rings is 1. The molecule has 1 atom stereocenters. The number of alkyl halides is 3. The normalized spacial score (nSPS) is 17.8. The van der Waals surface area contributed by atoms with Crippen LogP contribution in [-0.2, 0) is 16.2 Å². The predicted molar refractivity (Wildman–Crippen MR) is 115 cm³/mol. The fraction of sp³-hybridized carbons (Fsp3) is 0.400. The molecule has 1 fully saturated rings. The van der Waals surface area contributed by atoms with Crippen LogP contribution in [0.3, 0.4) is 0 Å². The van der Waals surface area contributed by atoms with E-state index in [4.69, 9.17) is 0 Å². The molecule has 3 heterocycles. The molecule has 0 unspecified atom stereocenters. The number of para-hydroxylation sites is 1. The zero-order chi connectivity index (χ0) is 23.1. The van der Waals surface area contributed by atoms with E-state index < -0.39 is 21.8 Å². The smallest absolute Gasteiger partial charge is 0.359 e. The Balaban J connectivity index is 1.85. The number of H-pyrrole nitrogens is 1. The molecule has 0 saturated carbocycles. The van der Waals surface area contributed by atoms with Gasteiger partial charge in [0.1, 0.15) is 10.5 Å². The lowest BCUT2D eigenvalue weighted by molar-refractivity contribution is -0.137. The molecule has 0 amide bonds. The van der Waals surface area contributed by atoms with Gasteiger partial charge in [-0.25, -0.2) is 22.7 Å². The fourth-order valence-electron chi connectivity index (χ4n) is 3.76. The molecule has 0 aliphatic carbocycles. The first-order valence-electron chi connectivity index (χ1n) is 10.0. The van der Waals surface area contributed by atoms with E-state index in [2.05, 4.69) is 25.6 Å². The maximum Gasteiger partial charge on any atom is 0.419 e. The van der Waals surface area contributed by atoms with Gasteiger partial charge >= 0.3 is 6.18 Å². The van der Waals surface area contributed by atoms with Crippen molar-refractivity contribution in [3.05, 3.63) is 36.2 Å². The van der Waals surface area contributed by atoms with Gasteiger partial charge in [0.2, 0.25) is 16.0 Å². The van der Waals surface area contributed by atoms with E-state index in [0.717, 1.165) is 29.9 Å². The highest BCUT2D eigenvalue weighted by Gasteiger charge is 2.36. The monoisotopic (exact) mass is 468 g/mol. The molecule has 172 valence electrons. The largest absolute Gasteiger partial charge is 0.419 e. The van der Waals surface area contributed by atoms with E-state index in [9.17, 15) is 21.6 Å². The topological polar surface area (TPSA) is 103 Å². The minimum atomic E-state index is -4.68. The molecular formula is C20H23F3N6O2S. The summed E-state index contributed by atoms with van der Waals surface area (Å²) in [6, 6.07) is 4.48. The van der Waals surface area contributed by atoms with Gasteiger partial charge in [-0.3, -0.25) is 0 Å². The molecule has 0 radical (unpaired) electrons. The zero-order valence-corrected chi connectivity index (χ0v) is 18.3. The Kier molecular flexibility index (Phi) is 5.86. The number of hydrogen-bond acceptors (Lipinski definition) is 6. The molecule has 0 spiro atoms. The Morgan fingerprint density at radius 3 is 2.69 bits per heavy atom. The molecule has 2 aromatic heterocycles. The fourth-order valence-corrected chi connectivity index (χ4v) is 4.83. The lowest BCUT2D eigenvalue weighted by Crippen LogP contribution is -2.38. The highest BCUT2D eigenvalue weighted by Crippen LogP contribution is 2.39. The van der Waals surface area contributed by atoms with E-state index in [-0.39, 0.29) is 33.7 Å². The summed E-state index contributed by atoms with van der Waals surface area (Å²) in [6.07, 6.45) is -0.775. The van der Waals surface area contributed by atoms with Crippen LogP contribution in [0, 0.1) is 0 Å². The highest BCUT2D eigenvalue weighted by atomic mass is 32.2. The van der Waals surface area contributed by atoms with Crippen molar-refractivity contribution in [2.24, 2.45) is 0 Å². The van der Waals surface area contributed by atoms with Crippen molar-refractivity contribution < 1.29 is 21.6 Å². The summed E-state index contributed by atoms with van der Waals surface area (Å²) < 4.78 is 67.8. The van der Waals surface area contributed by atoms with Crippen molar-refractivity contribution in [2.45, 2.75) is 30.0 Å². The van der Waals surface area contributed by atoms with Gasteiger partial charge in [0.05, 0.1) is 11.2 Å². The number of anilines is 1. The quantitative estimate of drug-likeness (QED) is 0.532. The molecule has 1 aliphatic heterocycles. The molecule has 0 bridgehead atoms. The third-order valence-electron chi connectivity index (χ3n) is 5.42. The first kappa shape index (κ1) is 22.5. The molecular weight excluding hydrogens is 445 g/mol. The van der Waals surface area contributed by atoms with Gasteiger partial charge < -0.3 is 15.6 Å². The van der Waals surface area contributed by atoms with Gasteiger partial charge in [0.25, 0.3) is 0 Å². The van der Waals surface area contributed by atoms with Crippen LogP contribution in [0.2, 0.25) is 0 Å². The lowest BCUT2D eigenvalue weighted by atomic mass is 10.1. The molecule has 8 nitrogen and oxygen atoms in total. The Morgan fingerprint density at radius 1 is 1.25 bits per heavy atom. The molecule has 32 heavy (non-hydrogen) atoms. The lowest BCUT2D eigenvalue weighted by Gasteiger charge is -2.24. The maximum absolute atomic E-state index is 13.8. The van der Waals surface area contributed by atoms with Crippen molar-refractivity contribution in [1.29, 1.82) is 0 Å². The second-order valence-corrected chi connectivity index (χ2v) is 9.93. The number of nitrogens with zero attached hydrogens (tertiary/aromatic N) is 3. The summed E-state index contributed by atoms with van der Waals surface area (Å²) in [4.78, 5) is 10.9. The third kappa shape index (κ3) is 4.17. The van der Waals surface area contributed by atoms with Crippen LogP contribution >= 0.6 is 0 Å². The number of aromatic amines is 1. The third-order valence-corrected chi connectivity index (χ3v) is 7.27. The first-order chi connectivity index (χ1) is 15.1. The van der Waals surface area contributed by atoms with Crippen LogP contribution in [-0.4, -0.2) is 60.9 Å². The molecule has 3 aromatic rings. The van der Waals surface area contributed by atoms with Crippen LogP contribution in [0.1, 0.15) is 18.4 Å². The van der Waals surface area contributed by atoms with Crippen LogP contribution in [0.4, 0.5) is 19.1 Å². The van der Waals surface area contributed by atoms with Crippen molar-refractivity contribution in [3.8, 4) is 11.3 Å². The van der Waals surface area contributed by atoms with E-state index in [1.54, 1.807) is 6.07 Å². The summed E-state index contributed by atoms with van der Waals surface area (Å²) in [5.41, 5.74) is -0.944. The molecule has 1 aliphatic rings. The number of fused-ring (bicyclic) bond motifs is 1. The Labute approximate surface area is 183 Å². The van der Waals surface area contributed by atoms with Crippen molar-refractivity contribution >= 4 is 26.9 Å². The zero-order valence-electron chi connectivity index (χ0n) is 17.5. The van der Waals surface area contributed by atoms with Crippen LogP contribution in [0.5, 0.6) is 0 Å². The Bertz CT molecular complexity index is 1230. The molecule has 4 rings (SSSR count). The predicted octanol–water partition coefficient (Wildman–Crippen LogP) is 3.06. The number of sulfonamides is 1. The Morgan fingerprint density at radius 2 is 2.03 bits per heavy atom. The summed E-state index contributed by atoms with van der Waals surface area (Å²) in [5.74, 6) is 0.0908. The van der Waals surface area contributed by atoms with Gasteiger partial charge in [-0.15, -0.1) is 0 Å². The number of halogens is 3. The average molecular weight is 469 g/mol. The molecule has 1 aromatic carbocycles. The van der Waals surface area contributed by atoms with Gasteiger partial charge in [-0.1, -0.05) is 12.1 Å². The van der Waals surface area contributed by atoms with Crippen molar-refractivity contribution in [3.63, 3.8) is 0 Å². The van der Waals surface area contributed by atoms with Crippen molar-refractivity contribution in [2.75, 3.05) is 32.5 Å². The Hall–Kier alpha value is -2.70. The molecule has 1 saturated heterocycles. The van der Waals surface area contributed by atoms with Gasteiger partial charge in [0.15, 0.2) is 0 Å². The van der Waals surface area contributed by atoms with Gasteiger partial charge in [0, 0.05) is 50.0 Å². The van der Waals surface area contributed by atoms with Crippen LogP contribution in [0.15, 0.2) is 35.5 Å². The molecule has 12 heteroatoms. The maximum atomic E-state index is 13.8. The van der Waals surface area contributed by atoms with Gasteiger partial charge in [-0.05, 0) is 25.5 Å². The van der Waals surface area contributed by atoms with E-state index in [1.165, 1.54) is 32.4 Å². The summed E-state index contributed by atoms with van der Waals surface area (Å²) >= 11 is 0. The van der Waals surface area contributed by atoms with E-state index >= 15 is 0 Å². The minimum Gasteiger partial charge on any atom is -0.359 e. The van der Waals surface area contributed by atoms with Crippen LogP contribution in [0.25, 0.3) is 22.2 Å². The summed E-state index contributed by atoms with van der Waals surface area (Å²) in [6.45, 7) is 1.56. The van der Waals surface area contributed by atoms with E-state index in [1.807, 2.05) is 0 Å². The minimum absolute atomic E-state index is 0.00754. The first-order valence-corrected chi connectivity index (χ1v) is 11.5. The second-order valence-electron chi connectivity index (χ2n) is 7.81. The number of hydrogen-bond donors (Lipinski definition) is 3. The van der Waals surface area contributed by atoms with E-state index in [0.29, 0.717) is 11.9 Å². The second kappa shape index (κ2) is 8.34. The number of aromatic nitrogens is 3. The number of nitrogens with one attached hydrogen (secondary N) is 3. The summed E-state index contributed by atoms with van der Waals surface area (Å²) in [7, 11) is -1.03. The van der Waals surface area contributed by atoms with Crippen LogP contribution < -0.4 is 10.6 Å². The van der Waals surface area contributed by atoms with Gasteiger partial charge in [-0.2, -0.15) is 13.2 Å². The number of rotatable bonds is 5. The standard InChI is InChI=1S/C20H23F3N6O2S/c1-29(2)32(30,31)16-7-3-6-13-14(10-25-18(13)16)17-15(20(21,22)23)11-26-19(28-17)27-12-5-4-8-24-9-12/h3,6-7,10-12,24-25H,4-5,8-9H2,1-2H3,(H,26,27,28)/t12-/m0/s1. The highest BCUT2D eigenvalue weighted by molar-refractivity contribution is 7.89. The van der Waals surface area contributed by atoms with Crippen molar-refractivity contribution in [1.82, 2.24) is 24.6 Å². The molecule has 3 N–H and O–H groups in total. The summed E-state index contributed by atoms with van der Waals surface area (Å²) in [5, 5.41) is 6.64. The number of benzene rings is 1. The SMILES string of the molecule is CN(C)S(=O)(=O)c1cccc2c(-c3nc(N[C@H]4CCCNC4)ncc3C(F)(F)F)c[nH]c12.